The van der Waals surface area contributed by atoms with Gasteiger partial charge in [0.05, 0.1) is 4.47 Å². The van der Waals surface area contributed by atoms with Crippen molar-refractivity contribution in [2.24, 2.45) is 5.73 Å². The summed E-state index contributed by atoms with van der Waals surface area (Å²) < 4.78 is 6.89. The SMILES string of the molecule is Cc1ccc(C)c(Oc2ccc(C(C)N)cc2Br)c1. The Morgan fingerprint density at radius 1 is 1.05 bits per heavy atom. The molecular formula is C16H18BrNO. The van der Waals surface area contributed by atoms with Gasteiger partial charge in [-0.1, -0.05) is 18.2 Å². The molecule has 0 aliphatic carbocycles. The first-order valence-corrected chi connectivity index (χ1v) is 7.07. The lowest BCUT2D eigenvalue weighted by atomic mass is 10.1. The zero-order chi connectivity index (χ0) is 14.0. The van der Waals surface area contributed by atoms with Crippen LogP contribution in [0, 0.1) is 13.8 Å². The minimum absolute atomic E-state index is 0.0195. The van der Waals surface area contributed by atoms with Gasteiger partial charge >= 0.3 is 0 Å². The predicted octanol–water partition coefficient (Wildman–Crippen LogP) is 4.88. The van der Waals surface area contributed by atoms with Gasteiger partial charge in [-0.3, -0.25) is 0 Å². The van der Waals surface area contributed by atoms with Gasteiger partial charge < -0.3 is 10.5 Å². The van der Waals surface area contributed by atoms with Crippen molar-refractivity contribution >= 4 is 15.9 Å². The molecule has 0 bridgehead atoms. The lowest BCUT2D eigenvalue weighted by molar-refractivity contribution is 0.475. The van der Waals surface area contributed by atoms with Crippen LogP contribution >= 0.6 is 15.9 Å². The summed E-state index contributed by atoms with van der Waals surface area (Å²) in [5.41, 5.74) is 9.25. The highest BCUT2D eigenvalue weighted by Gasteiger charge is 2.08. The largest absolute Gasteiger partial charge is 0.456 e. The number of hydrogen-bond donors (Lipinski definition) is 1. The van der Waals surface area contributed by atoms with Crippen LogP contribution in [0.15, 0.2) is 40.9 Å². The minimum Gasteiger partial charge on any atom is -0.456 e. The summed E-state index contributed by atoms with van der Waals surface area (Å²) >= 11 is 3.54. The number of nitrogens with two attached hydrogens (primary N) is 1. The third-order valence-electron chi connectivity index (χ3n) is 3.05. The van der Waals surface area contributed by atoms with Crippen molar-refractivity contribution in [2.45, 2.75) is 26.8 Å². The number of rotatable bonds is 3. The van der Waals surface area contributed by atoms with E-state index in [2.05, 4.69) is 35.0 Å². The maximum atomic E-state index is 5.97. The fraction of sp³-hybridized carbons (Fsp3) is 0.250. The van der Waals surface area contributed by atoms with Crippen molar-refractivity contribution in [3.63, 3.8) is 0 Å². The van der Waals surface area contributed by atoms with Gasteiger partial charge in [-0.05, 0) is 71.6 Å². The second kappa shape index (κ2) is 5.76. The second-order valence-corrected chi connectivity index (χ2v) is 5.70. The van der Waals surface area contributed by atoms with Crippen molar-refractivity contribution in [3.05, 3.63) is 57.6 Å². The smallest absolute Gasteiger partial charge is 0.141 e. The Morgan fingerprint density at radius 3 is 2.42 bits per heavy atom. The third kappa shape index (κ3) is 3.37. The number of ether oxygens (including phenoxy) is 1. The van der Waals surface area contributed by atoms with Gasteiger partial charge in [-0.15, -0.1) is 0 Å². The normalized spacial score (nSPS) is 12.3. The summed E-state index contributed by atoms with van der Waals surface area (Å²) in [5, 5.41) is 0. The molecule has 0 heterocycles. The van der Waals surface area contributed by atoms with Crippen LogP contribution in [0.1, 0.15) is 29.7 Å². The molecule has 0 spiro atoms. The van der Waals surface area contributed by atoms with Gasteiger partial charge in [0.2, 0.25) is 0 Å². The topological polar surface area (TPSA) is 35.2 Å². The quantitative estimate of drug-likeness (QED) is 0.875. The first kappa shape index (κ1) is 14.1. The molecule has 0 aliphatic heterocycles. The van der Waals surface area contributed by atoms with Crippen LogP contribution in [-0.4, -0.2) is 0 Å². The summed E-state index contributed by atoms with van der Waals surface area (Å²) in [6.45, 7) is 6.06. The van der Waals surface area contributed by atoms with Crippen molar-refractivity contribution < 1.29 is 4.74 Å². The van der Waals surface area contributed by atoms with E-state index in [0.717, 1.165) is 27.1 Å². The highest BCUT2D eigenvalue weighted by molar-refractivity contribution is 9.10. The summed E-state index contributed by atoms with van der Waals surface area (Å²) in [4.78, 5) is 0. The predicted molar refractivity (Wildman–Crippen MR) is 82.7 cm³/mol. The average molecular weight is 320 g/mol. The van der Waals surface area contributed by atoms with Crippen LogP contribution in [0.2, 0.25) is 0 Å². The Labute approximate surface area is 122 Å². The van der Waals surface area contributed by atoms with Crippen LogP contribution in [0.3, 0.4) is 0 Å². The molecule has 100 valence electrons. The second-order valence-electron chi connectivity index (χ2n) is 4.85. The third-order valence-corrected chi connectivity index (χ3v) is 3.66. The first-order chi connectivity index (χ1) is 8.97. The summed E-state index contributed by atoms with van der Waals surface area (Å²) in [6.07, 6.45) is 0. The van der Waals surface area contributed by atoms with Crippen LogP contribution in [0.25, 0.3) is 0 Å². The van der Waals surface area contributed by atoms with Crippen molar-refractivity contribution in [1.82, 2.24) is 0 Å². The lowest BCUT2D eigenvalue weighted by Gasteiger charge is -2.13. The van der Waals surface area contributed by atoms with E-state index in [9.17, 15) is 0 Å². The Hall–Kier alpha value is -1.32. The van der Waals surface area contributed by atoms with Gasteiger partial charge in [0, 0.05) is 6.04 Å². The fourth-order valence-electron chi connectivity index (χ4n) is 1.82. The summed E-state index contributed by atoms with van der Waals surface area (Å²) in [7, 11) is 0. The van der Waals surface area contributed by atoms with Gasteiger partial charge in [-0.2, -0.15) is 0 Å². The van der Waals surface area contributed by atoms with E-state index in [0.29, 0.717) is 0 Å². The molecule has 0 saturated heterocycles. The molecule has 1 unspecified atom stereocenters. The maximum Gasteiger partial charge on any atom is 0.141 e. The molecule has 1 atom stereocenters. The average Bonchev–Trinajstić information content (AvgIpc) is 2.36. The Kier molecular flexibility index (Phi) is 4.27. The minimum atomic E-state index is 0.0195. The Balaban J connectivity index is 2.31. The van der Waals surface area contributed by atoms with Gasteiger partial charge in [0.15, 0.2) is 0 Å². The number of benzene rings is 2. The van der Waals surface area contributed by atoms with E-state index in [1.54, 1.807) is 0 Å². The van der Waals surface area contributed by atoms with Crippen LogP contribution in [0.4, 0.5) is 0 Å². The molecule has 0 amide bonds. The standard InChI is InChI=1S/C16H18BrNO/c1-10-4-5-11(2)16(8-10)19-15-7-6-13(12(3)18)9-14(15)17/h4-9,12H,18H2,1-3H3. The van der Waals surface area contributed by atoms with E-state index in [4.69, 9.17) is 10.5 Å². The molecule has 3 heteroatoms. The molecule has 0 saturated carbocycles. The molecule has 2 aromatic rings. The molecule has 0 aromatic heterocycles. The van der Waals surface area contributed by atoms with Gasteiger partial charge in [-0.25, -0.2) is 0 Å². The highest BCUT2D eigenvalue weighted by atomic mass is 79.9. The van der Waals surface area contributed by atoms with Crippen LogP contribution in [0.5, 0.6) is 11.5 Å². The Bertz CT molecular complexity index is 593. The maximum absolute atomic E-state index is 5.97. The molecule has 2 rings (SSSR count). The Morgan fingerprint density at radius 2 is 1.79 bits per heavy atom. The van der Waals surface area contributed by atoms with Crippen LogP contribution < -0.4 is 10.5 Å². The van der Waals surface area contributed by atoms with Crippen molar-refractivity contribution in [3.8, 4) is 11.5 Å². The van der Waals surface area contributed by atoms with E-state index < -0.39 is 0 Å². The summed E-state index contributed by atoms with van der Waals surface area (Å²) in [6, 6.07) is 12.2. The molecule has 0 radical (unpaired) electrons. The fourth-order valence-corrected chi connectivity index (χ4v) is 2.30. The molecule has 0 aliphatic rings. The number of halogens is 1. The molecule has 2 aromatic carbocycles. The molecule has 19 heavy (non-hydrogen) atoms. The molecule has 0 fully saturated rings. The molecule has 2 nitrogen and oxygen atoms in total. The van der Waals surface area contributed by atoms with E-state index >= 15 is 0 Å². The van der Waals surface area contributed by atoms with Crippen LogP contribution in [-0.2, 0) is 0 Å². The highest BCUT2D eigenvalue weighted by Crippen LogP contribution is 2.33. The van der Waals surface area contributed by atoms with Crippen molar-refractivity contribution in [2.75, 3.05) is 0 Å². The zero-order valence-corrected chi connectivity index (χ0v) is 13.0. The lowest BCUT2D eigenvalue weighted by Crippen LogP contribution is -2.04. The summed E-state index contributed by atoms with van der Waals surface area (Å²) in [5.74, 6) is 1.69. The number of aryl methyl sites for hydroxylation is 2. The van der Waals surface area contributed by atoms with E-state index in [-0.39, 0.29) is 6.04 Å². The van der Waals surface area contributed by atoms with E-state index in [1.165, 1.54) is 5.56 Å². The molecular weight excluding hydrogens is 302 g/mol. The monoisotopic (exact) mass is 319 g/mol. The van der Waals surface area contributed by atoms with Gasteiger partial charge in [0.1, 0.15) is 11.5 Å². The van der Waals surface area contributed by atoms with E-state index in [1.807, 2.05) is 38.1 Å². The van der Waals surface area contributed by atoms with Gasteiger partial charge in [0.25, 0.3) is 0 Å². The number of hydrogen-bond acceptors (Lipinski definition) is 2. The molecule has 2 N–H and O–H groups in total. The zero-order valence-electron chi connectivity index (χ0n) is 11.4. The van der Waals surface area contributed by atoms with Crippen molar-refractivity contribution in [1.29, 1.82) is 0 Å². The first-order valence-electron chi connectivity index (χ1n) is 6.27.